The van der Waals surface area contributed by atoms with E-state index in [-0.39, 0.29) is 36.5 Å². The van der Waals surface area contributed by atoms with Crippen molar-refractivity contribution in [3.63, 3.8) is 0 Å². The van der Waals surface area contributed by atoms with Gasteiger partial charge in [-0.2, -0.15) is 0 Å². The molecular formula is C35H52N4O5. The summed E-state index contributed by atoms with van der Waals surface area (Å²) >= 11 is 0. The Labute approximate surface area is 263 Å². The first-order valence-electron chi connectivity index (χ1n) is 16.5. The van der Waals surface area contributed by atoms with E-state index in [0.29, 0.717) is 35.7 Å². The summed E-state index contributed by atoms with van der Waals surface area (Å²) in [7, 11) is 2.19. The molecule has 1 aromatic carbocycles. The number of aromatic nitrogens is 1. The number of likely N-dealkylation sites (N-methyl/N-ethyl adjacent to an activating group) is 1. The first kappa shape index (κ1) is 33.9. The van der Waals surface area contributed by atoms with Crippen molar-refractivity contribution in [3.8, 4) is 5.75 Å². The lowest BCUT2D eigenvalue weighted by Gasteiger charge is -2.36. The van der Waals surface area contributed by atoms with Crippen molar-refractivity contribution in [2.75, 3.05) is 45.2 Å². The van der Waals surface area contributed by atoms with E-state index in [1.807, 2.05) is 13.8 Å². The van der Waals surface area contributed by atoms with Gasteiger partial charge in [-0.15, -0.1) is 0 Å². The topological polar surface area (TPSA) is 104 Å². The fraction of sp³-hybridized carbons (Fsp3) is 0.629. The van der Waals surface area contributed by atoms with Crippen LogP contribution in [0.5, 0.6) is 5.75 Å². The second-order valence-electron chi connectivity index (χ2n) is 12.9. The molecule has 9 heteroatoms. The van der Waals surface area contributed by atoms with Gasteiger partial charge in [0, 0.05) is 55.8 Å². The van der Waals surface area contributed by atoms with Gasteiger partial charge in [0.2, 0.25) is 0 Å². The Balaban J connectivity index is 1.59. The summed E-state index contributed by atoms with van der Waals surface area (Å²) in [4.78, 5) is 35.3. The Morgan fingerprint density at radius 3 is 2.52 bits per heavy atom. The summed E-state index contributed by atoms with van der Waals surface area (Å²) in [6.07, 6.45) is 12.3. The van der Waals surface area contributed by atoms with Crippen molar-refractivity contribution in [3.05, 3.63) is 53.9 Å². The molecule has 1 aromatic heterocycles. The highest BCUT2D eigenvalue weighted by atomic mass is 16.5. The first-order chi connectivity index (χ1) is 21.2. The van der Waals surface area contributed by atoms with Crippen molar-refractivity contribution in [1.82, 2.24) is 14.8 Å². The van der Waals surface area contributed by atoms with Crippen LogP contribution in [0.25, 0.3) is 0 Å². The minimum absolute atomic E-state index is 0.0302. The minimum Gasteiger partial charge on any atom is -0.490 e. The molecule has 2 aromatic rings. The summed E-state index contributed by atoms with van der Waals surface area (Å²) in [6, 6.07) is 8.07. The minimum atomic E-state index is -0.418. The van der Waals surface area contributed by atoms with Gasteiger partial charge in [0.15, 0.2) is 0 Å². The second kappa shape index (κ2) is 16.9. The number of fused-ring (bicyclic) bond motifs is 1. The highest BCUT2D eigenvalue weighted by Gasteiger charge is 2.31. The number of nitrogens with one attached hydrogen (secondary N) is 1. The van der Waals surface area contributed by atoms with Crippen molar-refractivity contribution in [2.24, 2.45) is 11.8 Å². The van der Waals surface area contributed by atoms with Gasteiger partial charge in [0.1, 0.15) is 5.75 Å². The van der Waals surface area contributed by atoms with E-state index in [0.717, 1.165) is 38.3 Å². The third-order valence-electron chi connectivity index (χ3n) is 9.04. The van der Waals surface area contributed by atoms with Gasteiger partial charge in [-0.25, -0.2) is 0 Å². The Kier molecular flexibility index (Phi) is 13.0. The highest BCUT2D eigenvalue weighted by molar-refractivity contribution is 6.05. The van der Waals surface area contributed by atoms with E-state index in [4.69, 9.17) is 9.47 Å². The van der Waals surface area contributed by atoms with Crippen LogP contribution in [-0.4, -0.2) is 89.9 Å². The molecule has 0 spiro atoms. The van der Waals surface area contributed by atoms with Crippen LogP contribution < -0.4 is 10.1 Å². The molecule has 2 aliphatic rings. The van der Waals surface area contributed by atoms with Crippen molar-refractivity contribution in [2.45, 2.75) is 90.4 Å². The predicted molar refractivity (Wildman–Crippen MR) is 173 cm³/mol. The molecule has 0 saturated heterocycles. The van der Waals surface area contributed by atoms with Gasteiger partial charge in [0.05, 0.1) is 30.4 Å². The smallest absolute Gasteiger partial charge is 0.258 e. The molecule has 1 aliphatic carbocycles. The van der Waals surface area contributed by atoms with Crippen molar-refractivity contribution >= 4 is 17.5 Å². The molecule has 0 radical (unpaired) electrons. The molecule has 1 aliphatic heterocycles. The normalized spacial score (nSPS) is 23.4. The molecular weight excluding hydrogens is 556 g/mol. The number of ether oxygens (including phenoxy) is 2. The Bertz CT molecular complexity index is 1190. The third kappa shape index (κ3) is 9.74. The van der Waals surface area contributed by atoms with E-state index < -0.39 is 6.04 Å². The Morgan fingerprint density at radius 2 is 1.80 bits per heavy atom. The van der Waals surface area contributed by atoms with Crippen molar-refractivity contribution in [1.29, 1.82) is 0 Å². The zero-order valence-corrected chi connectivity index (χ0v) is 27.0. The molecule has 1 saturated carbocycles. The summed E-state index contributed by atoms with van der Waals surface area (Å²) in [5.74, 6) is 0.710. The number of rotatable bonds is 8. The zero-order chi connectivity index (χ0) is 31.5. The number of anilines is 1. The number of amides is 2. The van der Waals surface area contributed by atoms with Crippen LogP contribution in [0.1, 0.15) is 92.9 Å². The average molecular weight is 609 g/mol. The zero-order valence-electron chi connectivity index (χ0n) is 27.0. The van der Waals surface area contributed by atoms with Gasteiger partial charge in [-0.05, 0) is 89.2 Å². The number of aliphatic hydroxyl groups is 1. The predicted octanol–water partition coefficient (Wildman–Crippen LogP) is 5.64. The molecule has 0 unspecified atom stereocenters. The van der Waals surface area contributed by atoms with Crippen LogP contribution in [0.15, 0.2) is 42.7 Å². The lowest BCUT2D eigenvalue weighted by Crippen LogP contribution is -2.47. The van der Waals surface area contributed by atoms with Gasteiger partial charge >= 0.3 is 0 Å². The fourth-order valence-corrected chi connectivity index (χ4v) is 6.36. The summed E-state index contributed by atoms with van der Waals surface area (Å²) in [6.45, 7) is 8.80. The van der Waals surface area contributed by atoms with Crippen LogP contribution >= 0.6 is 0 Å². The molecule has 2 N–H and O–H groups in total. The van der Waals surface area contributed by atoms with Crippen LogP contribution in [-0.2, 0) is 4.74 Å². The van der Waals surface area contributed by atoms with Crippen LogP contribution in [0.3, 0.4) is 0 Å². The van der Waals surface area contributed by atoms with Gasteiger partial charge in [0.25, 0.3) is 11.8 Å². The fourth-order valence-electron chi connectivity index (χ4n) is 6.36. The Hall–Kier alpha value is -3.01. The number of carbonyl (C=O) groups is 2. The van der Waals surface area contributed by atoms with Gasteiger partial charge < -0.3 is 29.7 Å². The molecule has 2 amide bonds. The largest absolute Gasteiger partial charge is 0.490 e. The number of hydrogen-bond donors (Lipinski definition) is 2. The van der Waals surface area contributed by atoms with Crippen LogP contribution in [0, 0.1) is 11.8 Å². The molecule has 1 fully saturated rings. The van der Waals surface area contributed by atoms with E-state index in [1.165, 1.54) is 32.1 Å². The number of pyridine rings is 1. The molecule has 4 rings (SSSR count). The summed E-state index contributed by atoms with van der Waals surface area (Å²) in [5.41, 5.74) is 1.33. The quantitative estimate of drug-likeness (QED) is 0.400. The summed E-state index contributed by atoms with van der Waals surface area (Å²) < 4.78 is 12.8. The molecule has 2 heterocycles. The number of benzene rings is 1. The number of nitrogens with zero attached hydrogens (tertiary/aromatic N) is 3. The monoisotopic (exact) mass is 608 g/mol. The molecule has 242 valence electrons. The van der Waals surface area contributed by atoms with E-state index in [9.17, 15) is 14.7 Å². The molecule has 44 heavy (non-hydrogen) atoms. The van der Waals surface area contributed by atoms with Crippen molar-refractivity contribution < 1.29 is 24.2 Å². The highest BCUT2D eigenvalue weighted by Crippen LogP contribution is 2.29. The maximum absolute atomic E-state index is 14.3. The maximum atomic E-state index is 14.3. The lowest BCUT2D eigenvalue weighted by molar-refractivity contribution is -0.0190. The summed E-state index contributed by atoms with van der Waals surface area (Å²) in [5, 5.41) is 13.1. The maximum Gasteiger partial charge on any atom is 0.258 e. The van der Waals surface area contributed by atoms with E-state index >= 15 is 0 Å². The molecule has 9 nitrogen and oxygen atoms in total. The van der Waals surface area contributed by atoms with E-state index in [1.54, 1.807) is 47.6 Å². The lowest BCUT2D eigenvalue weighted by atomic mass is 9.89. The van der Waals surface area contributed by atoms with Gasteiger partial charge in [-0.3, -0.25) is 14.6 Å². The van der Waals surface area contributed by atoms with E-state index in [2.05, 4.69) is 29.2 Å². The molecule has 4 atom stereocenters. The Morgan fingerprint density at radius 1 is 1.07 bits per heavy atom. The van der Waals surface area contributed by atoms with Crippen LogP contribution in [0.2, 0.25) is 0 Å². The first-order valence-corrected chi connectivity index (χ1v) is 16.5. The second-order valence-corrected chi connectivity index (χ2v) is 12.9. The van der Waals surface area contributed by atoms with Crippen LogP contribution in [0.4, 0.5) is 5.69 Å². The number of aliphatic hydroxyl groups excluding tert-OH is 1. The SMILES string of the molecule is C[C@@H]1CCCCO[C@@H](CN(C)CC2CCCCC2)[C@H](C)CN([C@H](C)CO)C(=O)c2cc(NC(=O)c3ccncc3)ccc2O1. The van der Waals surface area contributed by atoms with Gasteiger partial charge in [-0.1, -0.05) is 26.2 Å². The average Bonchev–Trinajstić information content (AvgIpc) is 3.03. The number of carbonyl (C=O) groups excluding carboxylic acids is 2. The standard InChI is InChI=1S/C35H52N4O5/c1-25-21-39(26(2)24-40)35(42)31-20-30(37-34(41)29-15-17-36-18-16-29)13-14-32(31)44-27(3)10-8-9-19-43-33(25)23-38(4)22-28-11-6-5-7-12-28/h13-18,20,25-28,33,40H,5-12,19,21-24H2,1-4H3,(H,37,41)/t25-,26-,27-,33+/m1/s1. The third-order valence-corrected chi connectivity index (χ3v) is 9.04. The number of hydrogen-bond acceptors (Lipinski definition) is 7. The molecule has 0 bridgehead atoms.